The first-order valence-electron chi connectivity index (χ1n) is 12.7. The number of benzene rings is 2. The highest BCUT2D eigenvalue weighted by Gasteiger charge is 2.46. The Bertz CT molecular complexity index is 1420. The number of hydrogen-bond donors (Lipinski definition) is 9. The summed E-state index contributed by atoms with van der Waals surface area (Å²) in [6.45, 7) is -1.30. The molecule has 2 fully saturated rings. The Labute approximate surface area is 231 Å². The van der Waals surface area contributed by atoms with E-state index in [1.807, 2.05) is 0 Å². The molecule has 3 aromatic rings. The number of phenols is 1. The molecule has 2 aromatic carbocycles. The van der Waals surface area contributed by atoms with Crippen molar-refractivity contribution in [1.82, 2.24) is 0 Å². The van der Waals surface area contributed by atoms with Crippen molar-refractivity contribution in [2.75, 3.05) is 13.2 Å². The predicted molar refractivity (Wildman–Crippen MR) is 137 cm³/mol. The van der Waals surface area contributed by atoms with Gasteiger partial charge in [0.2, 0.25) is 11.7 Å². The second-order valence-corrected chi connectivity index (χ2v) is 9.94. The molecule has 2 aliphatic rings. The van der Waals surface area contributed by atoms with E-state index in [4.69, 9.17) is 18.6 Å². The molecule has 0 aliphatic carbocycles. The standard InChI is InChI=1S/C27H30O14/c28-7-15-19(32)21(34)23(36)26(40-15)17-14(30)6-5-12-18(31)13(9-38-25(12)17)10-1-3-11(4-2-10)39-27-24(37)22(35)20(33)16(8-29)41-27/h1-6,9,15-16,19-24,26-30,32-37H,7-8H2/t15-,16-,19-,20-,21+,22+,23-,24-,26+,27-/m1/s1. The number of ether oxygens (including phenoxy) is 3. The Kier molecular flexibility index (Phi) is 8.31. The van der Waals surface area contributed by atoms with Gasteiger partial charge in [0.25, 0.3) is 0 Å². The van der Waals surface area contributed by atoms with Crippen molar-refractivity contribution in [3.8, 4) is 22.6 Å². The minimum atomic E-state index is -1.72. The van der Waals surface area contributed by atoms with Gasteiger partial charge in [-0.15, -0.1) is 0 Å². The van der Waals surface area contributed by atoms with Gasteiger partial charge in [0.1, 0.15) is 78.3 Å². The lowest BCUT2D eigenvalue weighted by atomic mass is 9.89. The predicted octanol–water partition coefficient (Wildman–Crippen LogP) is -2.14. The van der Waals surface area contributed by atoms with E-state index in [1.165, 1.54) is 36.4 Å². The summed E-state index contributed by atoms with van der Waals surface area (Å²) in [6, 6.07) is 8.43. The van der Waals surface area contributed by atoms with Crippen molar-refractivity contribution >= 4 is 11.0 Å². The van der Waals surface area contributed by atoms with Gasteiger partial charge >= 0.3 is 0 Å². The zero-order chi connectivity index (χ0) is 29.6. The molecule has 0 amide bonds. The van der Waals surface area contributed by atoms with Gasteiger partial charge in [0.15, 0.2) is 0 Å². The number of aromatic hydroxyl groups is 1. The third-order valence-electron chi connectivity index (χ3n) is 7.40. The van der Waals surface area contributed by atoms with Crippen molar-refractivity contribution in [3.63, 3.8) is 0 Å². The van der Waals surface area contributed by atoms with Gasteiger partial charge in [-0.05, 0) is 29.8 Å². The fourth-order valence-corrected chi connectivity index (χ4v) is 5.04. The smallest absolute Gasteiger partial charge is 0.229 e. The second kappa shape index (κ2) is 11.6. The Morgan fingerprint density at radius 2 is 1.34 bits per heavy atom. The van der Waals surface area contributed by atoms with Crippen LogP contribution >= 0.6 is 0 Å². The van der Waals surface area contributed by atoms with Gasteiger partial charge in [-0.3, -0.25) is 4.79 Å². The quantitative estimate of drug-likeness (QED) is 0.152. The van der Waals surface area contributed by atoms with Crippen molar-refractivity contribution < 1.29 is 64.6 Å². The molecule has 0 bridgehead atoms. The highest BCUT2D eigenvalue weighted by Crippen LogP contribution is 2.40. The van der Waals surface area contributed by atoms with E-state index in [0.717, 1.165) is 6.26 Å². The normalized spacial score (nSPS) is 34.0. The van der Waals surface area contributed by atoms with Gasteiger partial charge in [0, 0.05) is 0 Å². The van der Waals surface area contributed by atoms with E-state index in [0.29, 0.717) is 5.56 Å². The van der Waals surface area contributed by atoms with Crippen molar-refractivity contribution in [1.29, 1.82) is 0 Å². The molecule has 10 atom stereocenters. The maximum atomic E-state index is 13.4. The number of fused-ring (bicyclic) bond motifs is 1. The topological polar surface area (TPSA) is 240 Å². The molecule has 222 valence electrons. The van der Waals surface area contributed by atoms with Gasteiger partial charge in [-0.1, -0.05) is 12.1 Å². The van der Waals surface area contributed by atoms with E-state index < -0.39 is 85.6 Å². The van der Waals surface area contributed by atoms with Crippen LogP contribution in [0.15, 0.2) is 51.9 Å². The molecule has 0 radical (unpaired) electrons. The summed E-state index contributed by atoms with van der Waals surface area (Å²) in [5.41, 5.74) is -0.289. The Morgan fingerprint density at radius 3 is 1.98 bits per heavy atom. The number of aliphatic hydroxyl groups excluding tert-OH is 8. The summed E-state index contributed by atoms with van der Waals surface area (Å²) in [6.07, 6.45) is -13.9. The molecule has 2 aliphatic heterocycles. The van der Waals surface area contributed by atoms with E-state index in [1.54, 1.807) is 0 Å². The van der Waals surface area contributed by atoms with Crippen LogP contribution in [0.3, 0.4) is 0 Å². The molecule has 2 saturated heterocycles. The van der Waals surface area contributed by atoms with Crippen molar-refractivity contribution in [2.45, 2.75) is 61.2 Å². The van der Waals surface area contributed by atoms with Crippen LogP contribution in [0.5, 0.6) is 11.5 Å². The average molecular weight is 579 g/mol. The first-order chi connectivity index (χ1) is 19.6. The van der Waals surface area contributed by atoms with E-state index in [9.17, 15) is 50.8 Å². The molecular weight excluding hydrogens is 548 g/mol. The molecule has 0 unspecified atom stereocenters. The highest BCUT2D eigenvalue weighted by molar-refractivity contribution is 5.86. The molecule has 5 rings (SSSR count). The van der Waals surface area contributed by atoms with Crippen molar-refractivity contribution in [3.05, 3.63) is 58.4 Å². The lowest BCUT2D eigenvalue weighted by Crippen LogP contribution is -2.60. The van der Waals surface area contributed by atoms with Crippen LogP contribution in [0.4, 0.5) is 0 Å². The molecule has 0 saturated carbocycles. The van der Waals surface area contributed by atoms with Crippen molar-refractivity contribution in [2.24, 2.45) is 0 Å². The van der Waals surface area contributed by atoms with Crippen LogP contribution in [0.25, 0.3) is 22.1 Å². The zero-order valence-corrected chi connectivity index (χ0v) is 21.3. The number of hydrogen-bond acceptors (Lipinski definition) is 14. The van der Waals surface area contributed by atoms with Crippen LogP contribution in [0.1, 0.15) is 11.7 Å². The minimum absolute atomic E-state index is 0.00825. The fourth-order valence-electron chi connectivity index (χ4n) is 5.04. The molecule has 14 nitrogen and oxygen atoms in total. The largest absolute Gasteiger partial charge is 0.507 e. The molecule has 3 heterocycles. The summed E-state index contributed by atoms with van der Waals surface area (Å²) < 4.78 is 22.2. The molecule has 0 spiro atoms. The Morgan fingerprint density at radius 1 is 0.732 bits per heavy atom. The molecular formula is C27H30O14. The first kappa shape index (κ1) is 29.3. The summed E-state index contributed by atoms with van der Waals surface area (Å²) in [7, 11) is 0. The molecule has 41 heavy (non-hydrogen) atoms. The fraction of sp³-hybridized carbons (Fsp3) is 0.444. The number of aliphatic hydroxyl groups is 8. The van der Waals surface area contributed by atoms with Crippen LogP contribution in [-0.2, 0) is 9.47 Å². The Balaban J connectivity index is 1.43. The summed E-state index contributed by atoms with van der Waals surface area (Å²) >= 11 is 0. The van der Waals surface area contributed by atoms with E-state index >= 15 is 0 Å². The summed E-state index contributed by atoms with van der Waals surface area (Å²) in [5.74, 6) is -0.231. The van der Waals surface area contributed by atoms with Gasteiger partial charge in [-0.25, -0.2) is 0 Å². The van der Waals surface area contributed by atoms with Gasteiger partial charge in [-0.2, -0.15) is 0 Å². The van der Waals surface area contributed by atoms with E-state index in [-0.39, 0.29) is 27.8 Å². The average Bonchev–Trinajstić information content (AvgIpc) is 2.97. The minimum Gasteiger partial charge on any atom is -0.507 e. The van der Waals surface area contributed by atoms with Gasteiger partial charge in [0.05, 0.1) is 29.7 Å². The Hall–Kier alpha value is -3.15. The number of phenolic OH excluding ortho intramolecular Hbond substituents is 1. The van der Waals surface area contributed by atoms with Crippen LogP contribution in [0, 0.1) is 0 Å². The van der Waals surface area contributed by atoms with E-state index in [2.05, 4.69) is 0 Å². The summed E-state index contributed by atoms with van der Waals surface area (Å²) in [5, 5.41) is 90.3. The SMILES string of the molecule is O=c1c(-c2ccc(O[C@@H]3O[C@H](CO)[C@@H](O)[C@H](O)[C@H]3O)cc2)coc2c([C@@H]3O[C@H](CO)[C@@H](O)[C@H](O)[C@H]3O)c(O)ccc12. The maximum Gasteiger partial charge on any atom is 0.229 e. The van der Waals surface area contributed by atoms with Crippen LogP contribution < -0.4 is 10.2 Å². The zero-order valence-electron chi connectivity index (χ0n) is 21.3. The lowest BCUT2D eigenvalue weighted by Gasteiger charge is -2.40. The summed E-state index contributed by atoms with van der Waals surface area (Å²) in [4.78, 5) is 13.4. The van der Waals surface area contributed by atoms with Crippen LogP contribution in [-0.4, -0.2) is 114 Å². The lowest BCUT2D eigenvalue weighted by molar-refractivity contribution is -0.277. The maximum absolute atomic E-state index is 13.4. The highest BCUT2D eigenvalue weighted by atomic mass is 16.7. The molecule has 14 heteroatoms. The monoisotopic (exact) mass is 578 g/mol. The number of rotatable bonds is 6. The van der Waals surface area contributed by atoms with Crippen LogP contribution in [0.2, 0.25) is 0 Å². The first-order valence-corrected chi connectivity index (χ1v) is 12.7. The second-order valence-electron chi connectivity index (χ2n) is 9.94. The van der Waals surface area contributed by atoms with Gasteiger partial charge < -0.3 is 64.6 Å². The molecule has 9 N–H and O–H groups in total. The molecule has 1 aromatic heterocycles. The third-order valence-corrected chi connectivity index (χ3v) is 7.40. The third kappa shape index (κ3) is 5.19.